The van der Waals surface area contributed by atoms with E-state index in [9.17, 15) is 9.50 Å². The second kappa shape index (κ2) is 7.87. The fourth-order valence-electron chi connectivity index (χ4n) is 3.43. The van der Waals surface area contributed by atoms with E-state index >= 15 is 0 Å². The van der Waals surface area contributed by atoms with Gasteiger partial charge in [0, 0.05) is 24.9 Å². The van der Waals surface area contributed by atoms with Crippen LogP contribution in [0.25, 0.3) is 22.4 Å². The van der Waals surface area contributed by atoms with Crippen LogP contribution >= 0.6 is 0 Å². The largest absolute Gasteiger partial charge is 0.507 e. The highest BCUT2D eigenvalue weighted by molar-refractivity contribution is 5.74. The van der Waals surface area contributed by atoms with Gasteiger partial charge >= 0.3 is 0 Å². The number of rotatable bonds is 5. The van der Waals surface area contributed by atoms with Gasteiger partial charge in [0.25, 0.3) is 0 Å². The number of benzene rings is 1. The molecule has 7 heteroatoms. The van der Waals surface area contributed by atoms with Crippen molar-refractivity contribution in [2.45, 2.75) is 18.6 Å². The Bertz CT molecular complexity index is 1040. The topological polar surface area (TPSA) is 71.4 Å². The Morgan fingerprint density at radius 3 is 2.59 bits per heavy atom. The Hall–Kier alpha value is -3.48. The van der Waals surface area contributed by atoms with Crippen LogP contribution in [0, 0.1) is 0 Å². The first-order valence-electron chi connectivity index (χ1n) is 9.28. The number of aromatic hydroxyl groups is 1. The van der Waals surface area contributed by atoms with Crippen LogP contribution in [-0.2, 0) is 0 Å². The summed E-state index contributed by atoms with van der Waals surface area (Å²) in [6.45, 7) is 0. The second-order valence-corrected chi connectivity index (χ2v) is 6.88. The Morgan fingerprint density at radius 2 is 1.93 bits per heavy atom. The molecule has 4 rings (SSSR count). The normalized spacial score (nSPS) is 18.0. The predicted octanol–water partition coefficient (Wildman–Crippen LogP) is 4.02. The first-order valence-corrected chi connectivity index (χ1v) is 9.28. The number of anilines is 1. The summed E-state index contributed by atoms with van der Waals surface area (Å²) in [5.41, 5.74) is 2.83. The first-order chi connectivity index (χ1) is 14.1. The standard InChI is InChI=1S/C22H21FN4O2/c1-27(19-5-3-4-17(19)23)21-9-8-18(25-26-21)16-7-6-14(12-20(16)28)15-10-11-24-22(13-15)29-2/h3-4,6-13,17,19,28H,5H2,1-2H3/t17-,19+/m0/s1. The maximum atomic E-state index is 13.9. The summed E-state index contributed by atoms with van der Waals surface area (Å²) in [6, 6.07) is 12.3. The van der Waals surface area contributed by atoms with Crippen molar-refractivity contribution < 1.29 is 14.2 Å². The number of pyridine rings is 1. The molecule has 1 aliphatic carbocycles. The molecule has 3 aromatic rings. The van der Waals surface area contributed by atoms with E-state index in [0.717, 1.165) is 11.1 Å². The quantitative estimate of drug-likeness (QED) is 0.661. The Kier molecular flexibility index (Phi) is 5.12. The van der Waals surface area contributed by atoms with E-state index in [1.54, 1.807) is 54.6 Å². The van der Waals surface area contributed by atoms with Crippen LogP contribution < -0.4 is 9.64 Å². The zero-order chi connectivity index (χ0) is 20.4. The van der Waals surface area contributed by atoms with Crippen LogP contribution in [-0.4, -0.2) is 46.7 Å². The molecule has 0 unspecified atom stereocenters. The number of alkyl halides is 1. The molecule has 2 atom stereocenters. The van der Waals surface area contributed by atoms with E-state index in [0.29, 0.717) is 29.4 Å². The molecule has 1 N–H and O–H groups in total. The highest BCUT2D eigenvalue weighted by Crippen LogP contribution is 2.33. The van der Waals surface area contributed by atoms with Gasteiger partial charge in [0.05, 0.1) is 18.8 Å². The minimum absolute atomic E-state index is 0.0949. The SMILES string of the molecule is COc1cc(-c2ccc(-c3ccc(N(C)[C@@H]4CC=C[C@@H]4F)nn3)c(O)c2)ccn1. The lowest BCUT2D eigenvalue weighted by atomic mass is 10.0. The molecule has 6 nitrogen and oxygen atoms in total. The lowest BCUT2D eigenvalue weighted by Crippen LogP contribution is -2.36. The number of nitrogens with zero attached hydrogens (tertiary/aromatic N) is 4. The van der Waals surface area contributed by atoms with Gasteiger partial charge in [-0.2, -0.15) is 0 Å². The van der Waals surface area contributed by atoms with E-state index in [4.69, 9.17) is 4.74 Å². The van der Waals surface area contributed by atoms with E-state index in [1.807, 2.05) is 25.3 Å². The maximum Gasteiger partial charge on any atom is 0.213 e. The number of aromatic nitrogens is 3. The third kappa shape index (κ3) is 3.76. The fourth-order valence-corrected chi connectivity index (χ4v) is 3.43. The molecule has 148 valence electrons. The van der Waals surface area contributed by atoms with Gasteiger partial charge in [-0.15, -0.1) is 10.2 Å². The van der Waals surface area contributed by atoms with Crippen molar-refractivity contribution in [2.24, 2.45) is 0 Å². The first kappa shape index (κ1) is 18.9. The zero-order valence-corrected chi connectivity index (χ0v) is 16.2. The van der Waals surface area contributed by atoms with Crippen molar-refractivity contribution in [1.82, 2.24) is 15.2 Å². The molecule has 1 aliphatic rings. The molecule has 1 aromatic carbocycles. The Labute approximate surface area is 168 Å². The van der Waals surface area contributed by atoms with Gasteiger partial charge in [-0.05, 0) is 47.9 Å². The smallest absolute Gasteiger partial charge is 0.213 e. The molecule has 2 aromatic heterocycles. The Balaban J connectivity index is 1.57. The van der Waals surface area contributed by atoms with Crippen LogP contribution in [0.5, 0.6) is 11.6 Å². The van der Waals surface area contributed by atoms with Gasteiger partial charge < -0.3 is 14.7 Å². The molecule has 0 spiro atoms. The van der Waals surface area contributed by atoms with Crippen molar-refractivity contribution in [3.05, 3.63) is 60.8 Å². The number of methoxy groups -OCH3 is 1. The molecule has 0 fully saturated rings. The molecule has 0 bridgehead atoms. The average Bonchev–Trinajstić information content (AvgIpc) is 3.19. The fraction of sp³-hybridized carbons (Fsp3) is 0.227. The summed E-state index contributed by atoms with van der Waals surface area (Å²) in [4.78, 5) is 5.89. The number of hydrogen-bond donors (Lipinski definition) is 1. The lowest BCUT2D eigenvalue weighted by Gasteiger charge is -2.26. The average molecular weight is 392 g/mol. The summed E-state index contributed by atoms with van der Waals surface area (Å²) in [7, 11) is 3.37. The predicted molar refractivity (Wildman–Crippen MR) is 110 cm³/mol. The van der Waals surface area contributed by atoms with E-state index in [-0.39, 0.29) is 11.8 Å². The number of phenolic OH excluding ortho intramolecular Hbond substituents is 1. The summed E-state index contributed by atoms with van der Waals surface area (Å²) >= 11 is 0. The summed E-state index contributed by atoms with van der Waals surface area (Å²) in [5, 5.41) is 19.0. The molecule has 0 saturated heterocycles. The number of ether oxygens (including phenoxy) is 1. The molecule has 0 radical (unpaired) electrons. The van der Waals surface area contributed by atoms with E-state index < -0.39 is 6.17 Å². The van der Waals surface area contributed by atoms with Crippen LogP contribution in [0.1, 0.15) is 6.42 Å². The van der Waals surface area contributed by atoms with Crippen molar-refractivity contribution in [3.8, 4) is 34.0 Å². The molecule has 2 heterocycles. The van der Waals surface area contributed by atoms with Crippen molar-refractivity contribution in [3.63, 3.8) is 0 Å². The maximum absolute atomic E-state index is 13.9. The number of hydrogen-bond acceptors (Lipinski definition) is 6. The highest BCUT2D eigenvalue weighted by atomic mass is 19.1. The van der Waals surface area contributed by atoms with Gasteiger partial charge in [0.2, 0.25) is 5.88 Å². The molecule has 29 heavy (non-hydrogen) atoms. The summed E-state index contributed by atoms with van der Waals surface area (Å²) < 4.78 is 19.1. The van der Waals surface area contributed by atoms with Gasteiger partial charge in [-0.25, -0.2) is 9.37 Å². The van der Waals surface area contributed by atoms with Crippen LogP contribution in [0.4, 0.5) is 10.2 Å². The third-order valence-corrected chi connectivity index (χ3v) is 5.13. The molecule has 0 aliphatic heterocycles. The van der Waals surface area contributed by atoms with Gasteiger partial charge in [0.1, 0.15) is 11.9 Å². The Morgan fingerprint density at radius 1 is 1.10 bits per heavy atom. The monoisotopic (exact) mass is 392 g/mol. The summed E-state index contributed by atoms with van der Waals surface area (Å²) in [5.74, 6) is 1.19. The van der Waals surface area contributed by atoms with Crippen LogP contribution in [0.2, 0.25) is 0 Å². The minimum atomic E-state index is -1.01. The van der Waals surface area contributed by atoms with Crippen molar-refractivity contribution >= 4 is 5.82 Å². The molecule has 0 saturated carbocycles. The van der Waals surface area contributed by atoms with E-state index in [1.165, 1.54) is 0 Å². The molecular formula is C22H21FN4O2. The third-order valence-electron chi connectivity index (χ3n) is 5.13. The van der Waals surface area contributed by atoms with Gasteiger partial charge in [0.15, 0.2) is 5.82 Å². The zero-order valence-electron chi connectivity index (χ0n) is 16.2. The second-order valence-electron chi connectivity index (χ2n) is 6.88. The van der Waals surface area contributed by atoms with E-state index in [2.05, 4.69) is 15.2 Å². The van der Waals surface area contributed by atoms with Crippen LogP contribution in [0.15, 0.2) is 60.8 Å². The van der Waals surface area contributed by atoms with Gasteiger partial charge in [-0.1, -0.05) is 18.2 Å². The molecular weight excluding hydrogens is 371 g/mol. The number of phenols is 1. The lowest BCUT2D eigenvalue weighted by molar-refractivity contribution is 0.348. The molecule has 0 amide bonds. The van der Waals surface area contributed by atoms with Crippen molar-refractivity contribution in [2.75, 3.05) is 19.1 Å². The van der Waals surface area contributed by atoms with Gasteiger partial charge in [-0.3, -0.25) is 0 Å². The minimum Gasteiger partial charge on any atom is -0.507 e. The summed E-state index contributed by atoms with van der Waals surface area (Å²) in [6.07, 6.45) is 4.70. The number of halogens is 1. The highest BCUT2D eigenvalue weighted by Gasteiger charge is 2.27. The van der Waals surface area contributed by atoms with Crippen molar-refractivity contribution in [1.29, 1.82) is 0 Å². The van der Waals surface area contributed by atoms with Crippen LogP contribution in [0.3, 0.4) is 0 Å².